The monoisotopic (exact) mass is 271 g/mol. The molecule has 0 aliphatic heterocycles. The van der Waals surface area contributed by atoms with Crippen LogP contribution in [-0.2, 0) is 0 Å². The van der Waals surface area contributed by atoms with E-state index in [9.17, 15) is 4.79 Å². The Morgan fingerprint density at radius 1 is 1.47 bits per heavy atom. The first kappa shape index (κ1) is 14.1. The van der Waals surface area contributed by atoms with Gasteiger partial charge in [-0.3, -0.25) is 4.79 Å². The van der Waals surface area contributed by atoms with Gasteiger partial charge in [-0.05, 0) is 33.1 Å². The molecule has 0 spiro atoms. The molecule has 0 aromatic carbocycles. The Labute approximate surface area is 111 Å². The number of thiocarbonyl (C=S) groups is 1. The Bertz CT molecular complexity index is 415. The maximum absolute atomic E-state index is 11.8. The number of nitrogens with zero attached hydrogens (tertiary/aromatic N) is 1. The van der Waals surface area contributed by atoms with Crippen LogP contribution in [0.3, 0.4) is 0 Å². The molecule has 1 amide bonds. The molecule has 0 atom stereocenters. The van der Waals surface area contributed by atoms with E-state index in [2.05, 4.69) is 10.3 Å². The molecule has 94 valence electrons. The molecule has 1 heterocycles. The summed E-state index contributed by atoms with van der Waals surface area (Å²) in [5.41, 5.74) is 6.18. The number of hydrogen-bond acceptors (Lipinski definition) is 4. The topological polar surface area (TPSA) is 68.0 Å². The molecule has 6 heteroatoms. The Morgan fingerprint density at radius 2 is 2.18 bits per heavy atom. The van der Waals surface area contributed by atoms with Gasteiger partial charge >= 0.3 is 0 Å². The lowest BCUT2D eigenvalue weighted by Gasteiger charge is -2.03. The first-order valence-electron chi connectivity index (χ1n) is 5.51. The van der Waals surface area contributed by atoms with Crippen LogP contribution in [0.4, 0.5) is 0 Å². The molecule has 0 aliphatic carbocycles. The van der Waals surface area contributed by atoms with Crippen LogP contribution in [0.5, 0.6) is 0 Å². The number of nitrogens with one attached hydrogen (secondary N) is 1. The van der Waals surface area contributed by atoms with E-state index in [1.807, 2.05) is 13.8 Å². The van der Waals surface area contributed by atoms with Crippen molar-refractivity contribution in [3.63, 3.8) is 0 Å². The van der Waals surface area contributed by atoms with Crippen molar-refractivity contribution < 1.29 is 4.79 Å². The summed E-state index contributed by atoms with van der Waals surface area (Å²) in [7, 11) is 0. The van der Waals surface area contributed by atoms with Crippen molar-refractivity contribution in [3.05, 3.63) is 15.6 Å². The molecule has 0 fully saturated rings. The fraction of sp³-hybridized carbons (Fsp3) is 0.545. The van der Waals surface area contributed by atoms with Crippen LogP contribution in [0.2, 0.25) is 0 Å². The summed E-state index contributed by atoms with van der Waals surface area (Å²) in [6.07, 6.45) is 2.54. The summed E-state index contributed by atoms with van der Waals surface area (Å²) >= 11 is 6.20. The molecule has 0 bridgehead atoms. The Balaban J connectivity index is 2.30. The molecular formula is C11H17N3OS2. The number of carbonyl (C=O) groups excluding carboxylic acids is 1. The number of thiazole rings is 1. The van der Waals surface area contributed by atoms with Crippen molar-refractivity contribution in [1.29, 1.82) is 0 Å². The van der Waals surface area contributed by atoms with Gasteiger partial charge < -0.3 is 11.1 Å². The van der Waals surface area contributed by atoms with Crippen molar-refractivity contribution >= 4 is 34.5 Å². The standard InChI is InChI=1S/C11H17N3OS2/c1-7-10(17-8(2)14-7)11(15)13-6-4-3-5-9(12)16/h3-6H2,1-2H3,(H2,12,16)(H,13,15). The van der Waals surface area contributed by atoms with Gasteiger partial charge in [-0.25, -0.2) is 4.98 Å². The van der Waals surface area contributed by atoms with Gasteiger partial charge in [0, 0.05) is 6.54 Å². The maximum atomic E-state index is 11.8. The molecule has 3 N–H and O–H groups in total. The largest absolute Gasteiger partial charge is 0.393 e. The summed E-state index contributed by atoms with van der Waals surface area (Å²) in [6, 6.07) is 0. The highest BCUT2D eigenvalue weighted by Gasteiger charge is 2.12. The van der Waals surface area contributed by atoms with Crippen LogP contribution in [0, 0.1) is 13.8 Å². The van der Waals surface area contributed by atoms with Gasteiger partial charge in [-0.1, -0.05) is 12.2 Å². The zero-order valence-corrected chi connectivity index (χ0v) is 11.7. The van der Waals surface area contributed by atoms with E-state index < -0.39 is 0 Å². The zero-order valence-electron chi connectivity index (χ0n) is 10.1. The summed E-state index contributed by atoms with van der Waals surface area (Å²) in [6.45, 7) is 4.40. The molecule has 0 radical (unpaired) electrons. The third kappa shape index (κ3) is 4.79. The van der Waals surface area contributed by atoms with Gasteiger partial charge in [-0.2, -0.15) is 0 Å². The summed E-state index contributed by atoms with van der Waals surface area (Å²) in [5, 5.41) is 3.79. The zero-order chi connectivity index (χ0) is 12.8. The van der Waals surface area contributed by atoms with Crippen molar-refractivity contribution in [2.75, 3.05) is 6.54 Å². The molecule has 0 aliphatic rings. The molecule has 0 saturated carbocycles. The quantitative estimate of drug-likeness (QED) is 0.613. The fourth-order valence-electron chi connectivity index (χ4n) is 1.45. The highest BCUT2D eigenvalue weighted by Crippen LogP contribution is 2.16. The van der Waals surface area contributed by atoms with Gasteiger partial charge in [0.1, 0.15) is 4.88 Å². The van der Waals surface area contributed by atoms with Crippen molar-refractivity contribution in [2.24, 2.45) is 5.73 Å². The Kier molecular flexibility index (Phi) is 5.50. The molecule has 0 unspecified atom stereocenters. The first-order chi connectivity index (χ1) is 8.00. The minimum absolute atomic E-state index is 0.0385. The highest BCUT2D eigenvalue weighted by atomic mass is 32.1. The Hall–Kier alpha value is -1.01. The van der Waals surface area contributed by atoms with Gasteiger partial charge in [0.2, 0.25) is 0 Å². The minimum atomic E-state index is -0.0385. The number of aromatic nitrogens is 1. The normalized spacial score (nSPS) is 10.2. The van der Waals surface area contributed by atoms with E-state index in [-0.39, 0.29) is 5.91 Å². The van der Waals surface area contributed by atoms with Crippen molar-refractivity contribution in [3.8, 4) is 0 Å². The van der Waals surface area contributed by atoms with Crippen LogP contribution in [0.15, 0.2) is 0 Å². The summed E-state index contributed by atoms with van der Waals surface area (Å²) < 4.78 is 0. The number of rotatable bonds is 6. The molecule has 17 heavy (non-hydrogen) atoms. The minimum Gasteiger partial charge on any atom is -0.393 e. The molecule has 1 aromatic heterocycles. The van der Waals surface area contributed by atoms with Crippen molar-refractivity contribution in [1.82, 2.24) is 10.3 Å². The second-order valence-electron chi connectivity index (χ2n) is 3.83. The molecular weight excluding hydrogens is 254 g/mol. The number of carbonyl (C=O) groups is 1. The maximum Gasteiger partial charge on any atom is 0.263 e. The van der Waals surface area contributed by atoms with E-state index in [0.29, 0.717) is 16.4 Å². The summed E-state index contributed by atoms with van der Waals surface area (Å²) in [4.78, 5) is 17.2. The van der Waals surface area contributed by atoms with Gasteiger partial charge in [0.25, 0.3) is 5.91 Å². The number of aryl methyl sites for hydroxylation is 2. The Morgan fingerprint density at radius 3 is 2.71 bits per heavy atom. The molecule has 1 aromatic rings. The number of hydrogen-bond donors (Lipinski definition) is 2. The van der Waals surface area contributed by atoms with Gasteiger partial charge in [-0.15, -0.1) is 11.3 Å². The lowest BCUT2D eigenvalue weighted by Crippen LogP contribution is -2.24. The van der Waals surface area contributed by atoms with Crippen LogP contribution >= 0.6 is 23.6 Å². The average molecular weight is 271 g/mol. The number of amides is 1. The van der Waals surface area contributed by atoms with E-state index in [1.54, 1.807) is 0 Å². The first-order valence-corrected chi connectivity index (χ1v) is 6.73. The molecule has 0 saturated heterocycles. The van der Waals surface area contributed by atoms with Crippen LogP contribution < -0.4 is 11.1 Å². The average Bonchev–Trinajstić information content (AvgIpc) is 2.56. The van der Waals surface area contributed by atoms with E-state index in [4.69, 9.17) is 18.0 Å². The van der Waals surface area contributed by atoms with Gasteiger partial charge in [0.05, 0.1) is 15.7 Å². The predicted molar refractivity (Wildman–Crippen MR) is 74.6 cm³/mol. The third-order valence-electron chi connectivity index (χ3n) is 2.25. The SMILES string of the molecule is Cc1nc(C)c(C(=O)NCCCCC(N)=S)s1. The lowest BCUT2D eigenvalue weighted by atomic mass is 10.2. The van der Waals surface area contributed by atoms with E-state index in [0.717, 1.165) is 30.0 Å². The fourth-order valence-corrected chi connectivity index (χ4v) is 2.43. The van der Waals surface area contributed by atoms with Crippen molar-refractivity contribution in [2.45, 2.75) is 33.1 Å². The second kappa shape index (κ2) is 6.66. The highest BCUT2D eigenvalue weighted by molar-refractivity contribution is 7.80. The second-order valence-corrected chi connectivity index (χ2v) is 5.55. The smallest absolute Gasteiger partial charge is 0.263 e. The van der Waals surface area contributed by atoms with E-state index >= 15 is 0 Å². The predicted octanol–water partition coefficient (Wildman–Crippen LogP) is 1.95. The van der Waals surface area contributed by atoms with Crippen LogP contribution in [-0.4, -0.2) is 22.4 Å². The molecule has 4 nitrogen and oxygen atoms in total. The third-order valence-corrected chi connectivity index (χ3v) is 3.52. The van der Waals surface area contributed by atoms with Crippen LogP contribution in [0.25, 0.3) is 0 Å². The number of unbranched alkanes of at least 4 members (excludes halogenated alkanes) is 1. The summed E-state index contributed by atoms with van der Waals surface area (Å²) in [5.74, 6) is -0.0385. The van der Waals surface area contributed by atoms with Crippen LogP contribution in [0.1, 0.15) is 39.6 Å². The van der Waals surface area contributed by atoms with E-state index in [1.165, 1.54) is 11.3 Å². The molecule has 1 rings (SSSR count). The van der Waals surface area contributed by atoms with Gasteiger partial charge in [0.15, 0.2) is 0 Å². The lowest BCUT2D eigenvalue weighted by molar-refractivity contribution is 0.0956. The number of nitrogens with two attached hydrogens (primary N) is 1.